The highest BCUT2D eigenvalue weighted by Gasteiger charge is 2.22. The van der Waals surface area contributed by atoms with Gasteiger partial charge in [0, 0.05) is 51.6 Å². The molecule has 6 heteroatoms. The molecule has 1 aliphatic heterocycles. The monoisotopic (exact) mass is 367 g/mol. The minimum absolute atomic E-state index is 0.153. The lowest BCUT2D eigenvalue weighted by molar-refractivity contribution is -0.134. The summed E-state index contributed by atoms with van der Waals surface area (Å²) in [5, 5.41) is 0. The zero-order chi connectivity index (χ0) is 19.2. The lowest BCUT2D eigenvalue weighted by Gasteiger charge is -2.36. The molecule has 0 radical (unpaired) electrons. The molecule has 1 saturated heterocycles. The number of carbonyl (C=O) groups is 2. The van der Waals surface area contributed by atoms with Gasteiger partial charge in [-0.3, -0.25) is 4.79 Å². The fourth-order valence-corrected chi connectivity index (χ4v) is 3.07. The van der Waals surface area contributed by atoms with Gasteiger partial charge in [0.2, 0.25) is 0 Å². The Kier molecular flexibility index (Phi) is 5.96. The van der Waals surface area contributed by atoms with E-state index < -0.39 is 5.97 Å². The van der Waals surface area contributed by atoms with E-state index in [1.807, 2.05) is 43.3 Å². The van der Waals surface area contributed by atoms with Crippen molar-refractivity contribution in [3.63, 3.8) is 0 Å². The van der Waals surface area contributed by atoms with Crippen LogP contribution in [0.15, 0.2) is 54.6 Å². The van der Waals surface area contributed by atoms with Gasteiger partial charge in [-0.1, -0.05) is 24.3 Å². The SMILES string of the molecule is CN(C)c1cccc(C(=O)OCC(=O)N2CCN(c3ccccc3)CC2)c1. The van der Waals surface area contributed by atoms with Crippen LogP contribution in [0.2, 0.25) is 0 Å². The third kappa shape index (κ3) is 4.78. The van der Waals surface area contributed by atoms with Crippen molar-refractivity contribution in [3.8, 4) is 0 Å². The molecule has 0 atom stereocenters. The van der Waals surface area contributed by atoms with Gasteiger partial charge in [0.1, 0.15) is 0 Å². The molecule has 1 heterocycles. The van der Waals surface area contributed by atoms with Crippen LogP contribution in [-0.4, -0.2) is 63.7 Å². The van der Waals surface area contributed by atoms with Gasteiger partial charge in [0.05, 0.1) is 5.56 Å². The number of esters is 1. The Labute approximate surface area is 159 Å². The van der Waals surface area contributed by atoms with Crippen molar-refractivity contribution in [1.82, 2.24) is 4.90 Å². The van der Waals surface area contributed by atoms with E-state index in [9.17, 15) is 9.59 Å². The summed E-state index contributed by atoms with van der Waals surface area (Å²) >= 11 is 0. The molecular formula is C21H25N3O3. The summed E-state index contributed by atoms with van der Waals surface area (Å²) in [7, 11) is 3.81. The Balaban J connectivity index is 1.48. The van der Waals surface area contributed by atoms with Crippen LogP contribution in [0.3, 0.4) is 0 Å². The molecule has 0 saturated carbocycles. The third-order valence-electron chi connectivity index (χ3n) is 4.68. The largest absolute Gasteiger partial charge is 0.452 e. The lowest BCUT2D eigenvalue weighted by Crippen LogP contribution is -2.49. The molecule has 0 N–H and O–H groups in total. The Bertz CT molecular complexity index is 784. The first-order valence-corrected chi connectivity index (χ1v) is 9.07. The fourth-order valence-electron chi connectivity index (χ4n) is 3.07. The number of carbonyl (C=O) groups excluding carboxylic acids is 2. The predicted octanol–water partition coefficient (Wildman–Crippen LogP) is 2.26. The van der Waals surface area contributed by atoms with Gasteiger partial charge in [0.15, 0.2) is 6.61 Å². The number of hydrogen-bond donors (Lipinski definition) is 0. The molecule has 0 aliphatic carbocycles. The van der Waals surface area contributed by atoms with Crippen LogP contribution in [0.1, 0.15) is 10.4 Å². The van der Waals surface area contributed by atoms with Gasteiger partial charge in [-0.2, -0.15) is 0 Å². The van der Waals surface area contributed by atoms with Gasteiger partial charge in [-0.25, -0.2) is 4.79 Å². The molecule has 0 bridgehead atoms. The highest BCUT2D eigenvalue weighted by atomic mass is 16.5. The van der Waals surface area contributed by atoms with Crippen molar-refractivity contribution in [2.24, 2.45) is 0 Å². The predicted molar refractivity (Wildman–Crippen MR) is 106 cm³/mol. The summed E-state index contributed by atoms with van der Waals surface area (Å²) in [6.07, 6.45) is 0. The molecule has 1 amide bonds. The molecule has 6 nitrogen and oxygen atoms in total. The van der Waals surface area contributed by atoms with Gasteiger partial charge >= 0.3 is 5.97 Å². The van der Waals surface area contributed by atoms with E-state index in [1.54, 1.807) is 23.1 Å². The van der Waals surface area contributed by atoms with Crippen molar-refractivity contribution in [1.29, 1.82) is 0 Å². The van der Waals surface area contributed by atoms with E-state index >= 15 is 0 Å². The zero-order valence-electron chi connectivity index (χ0n) is 15.8. The Morgan fingerprint density at radius 2 is 1.67 bits per heavy atom. The van der Waals surface area contributed by atoms with Gasteiger partial charge < -0.3 is 19.4 Å². The average Bonchev–Trinajstić information content (AvgIpc) is 2.72. The normalized spacial score (nSPS) is 14.0. The first-order chi connectivity index (χ1) is 13.0. The topological polar surface area (TPSA) is 53.1 Å². The average molecular weight is 367 g/mol. The fraction of sp³-hybridized carbons (Fsp3) is 0.333. The quantitative estimate of drug-likeness (QED) is 0.759. The number of rotatable bonds is 5. The minimum Gasteiger partial charge on any atom is -0.452 e. The molecule has 0 spiro atoms. The van der Waals surface area contributed by atoms with E-state index in [-0.39, 0.29) is 12.5 Å². The maximum atomic E-state index is 12.4. The highest BCUT2D eigenvalue weighted by molar-refractivity contribution is 5.92. The molecule has 0 aromatic heterocycles. The molecule has 1 fully saturated rings. The number of nitrogens with zero attached hydrogens (tertiary/aromatic N) is 3. The van der Waals surface area contributed by atoms with Crippen molar-refractivity contribution >= 4 is 23.3 Å². The molecule has 2 aromatic rings. The molecule has 2 aromatic carbocycles. The molecule has 142 valence electrons. The van der Waals surface area contributed by atoms with Crippen LogP contribution in [0, 0.1) is 0 Å². The van der Waals surface area contributed by atoms with E-state index in [4.69, 9.17) is 4.74 Å². The molecule has 3 rings (SSSR count). The summed E-state index contributed by atoms with van der Waals surface area (Å²) in [6, 6.07) is 17.3. The van der Waals surface area contributed by atoms with Crippen molar-refractivity contribution < 1.29 is 14.3 Å². The maximum absolute atomic E-state index is 12.4. The third-order valence-corrected chi connectivity index (χ3v) is 4.68. The van der Waals surface area contributed by atoms with E-state index in [1.165, 1.54) is 0 Å². The van der Waals surface area contributed by atoms with Crippen molar-refractivity contribution in [3.05, 3.63) is 60.2 Å². The van der Waals surface area contributed by atoms with Gasteiger partial charge in [0.25, 0.3) is 5.91 Å². The number of benzene rings is 2. The first kappa shape index (κ1) is 18.8. The zero-order valence-corrected chi connectivity index (χ0v) is 15.8. The number of piperazine rings is 1. The minimum atomic E-state index is -0.477. The van der Waals surface area contributed by atoms with Crippen LogP contribution < -0.4 is 9.80 Å². The summed E-state index contributed by atoms with van der Waals surface area (Å²) < 4.78 is 5.23. The van der Waals surface area contributed by atoms with E-state index in [0.29, 0.717) is 18.7 Å². The Hall–Kier alpha value is -3.02. The van der Waals surface area contributed by atoms with E-state index in [0.717, 1.165) is 24.5 Å². The number of amides is 1. The molecule has 1 aliphatic rings. The van der Waals surface area contributed by atoms with Crippen LogP contribution in [-0.2, 0) is 9.53 Å². The van der Waals surface area contributed by atoms with Crippen molar-refractivity contribution in [2.75, 3.05) is 56.7 Å². The number of hydrogen-bond acceptors (Lipinski definition) is 5. The molecular weight excluding hydrogens is 342 g/mol. The summed E-state index contributed by atoms with van der Waals surface area (Å²) in [5.41, 5.74) is 2.52. The number of para-hydroxylation sites is 1. The van der Waals surface area contributed by atoms with E-state index in [2.05, 4.69) is 17.0 Å². The van der Waals surface area contributed by atoms with Crippen molar-refractivity contribution in [2.45, 2.75) is 0 Å². The number of anilines is 2. The lowest BCUT2D eigenvalue weighted by atomic mass is 10.2. The second kappa shape index (κ2) is 8.58. The van der Waals surface area contributed by atoms with Crippen LogP contribution in [0.4, 0.5) is 11.4 Å². The first-order valence-electron chi connectivity index (χ1n) is 9.07. The summed E-state index contributed by atoms with van der Waals surface area (Å²) in [5.74, 6) is -0.630. The molecule has 27 heavy (non-hydrogen) atoms. The van der Waals surface area contributed by atoms with Crippen LogP contribution in [0.5, 0.6) is 0 Å². The summed E-state index contributed by atoms with van der Waals surface area (Å²) in [4.78, 5) is 30.5. The second-order valence-electron chi connectivity index (χ2n) is 6.72. The smallest absolute Gasteiger partial charge is 0.338 e. The standard InChI is InChI=1S/C21H25N3O3/c1-22(2)19-10-6-7-17(15-19)21(26)27-16-20(25)24-13-11-23(12-14-24)18-8-4-3-5-9-18/h3-10,15H,11-14,16H2,1-2H3. The number of ether oxygens (including phenoxy) is 1. The maximum Gasteiger partial charge on any atom is 0.338 e. The Morgan fingerprint density at radius 3 is 2.33 bits per heavy atom. The summed E-state index contributed by atoms with van der Waals surface area (Å²) in [6.45, 7) is 2.57. The van der Waals surface area contributed by atoms with Crippen LogP contribution >= 0.6 is 0 Å². The Morgan fingerprint density at radius 1 is 0.963 bits per heavy atom. The van der Waals surface area contributed by atoms with Gasteiger partial charge in [-0.15, -0.1) is 0 Å². The second-order valence-corrected chi connectivity index (χ2v) is 6.72. The molecule has 0 unspecified atom stereocenters. The highest BCUT2D eigenvalue weighted by Crippen LogP contribution is 2.16. The van der Waals surface area contributed by atoms with Gasteiger partial charge in [-0.05, 0) is 30.3 Å². The van der Waals surface area contributed by atoms with Crippen LogP contribution in [0.25, 0.3) is 0 Å².